The van der Waals surface area contributed by atoms with Crippen LogP contribution in [0.1, 0.15) is 26.7 Å². The lowest BCUT2D eigenvalue weighted by molar-refractivity contribution is -0.384. The number of anilines is 1. The van der Waals surface area contributed by atoms with Gasteiger partial charge < -0.3 is 5.32 Å². The Bertz CT molecular complexity index is 1350. The first-order valence-corrected chi connectivity index (χ1v) is 12.7. The summed E-state index contributed by atoms with van der Waals surface area (Å²) < 4.78 is 14.5. The fourth-order valence-electron chi connectivity index (χ4n) is 5.84. The molecule has 3 aromatic rings. The van der Waals surface area contributed by atoms with Gasteiger partial charge in [-0.2, -0.15) is 0 Å². The van der Waals surface area contributed by atoms with Crippen molar-refractivity contribution in [3.8, 4) is 0 Å². The summed E-state index contributed by atoms with van der Waals surface area (Å²) in [5, 5.41) is 16.2. The number of fused-ring (bicyclic) bond motifs is 4. The Morgan fingerprint density at radius 3 is 2.82 bits per heavy atom. The van der Waals surface area contributed by atoms with Crippen molar-refractivity contribution in [1.82, 2.24) is 4.90 Å². The van der Waals surface area contributed by atoms with E-state index in [-0.39, 0.29) is 23.4 Å². The highest BCUT2D eigenvalue weighted by Gasteiger charge is 2.69. The molecule has 34 heavy (non-hydrogen) atoms. The lowest BCUT2D eigenvalue weighted by Crippen LogP contribution is -2.52. The molecule has 1 amide bonds. The molecule has 1 spiro atoms. The van der Waals surface area contributed by atoms with Gasteiger partial charge in [0, 0.05) is 47.0 Å². The molecule has 4 atom stereocenters. The Kier molecular flexibility index (Phi) is 4.87. The van der Waals surface area contributed by atoms with Gasteiger partial charge in [0.2, 0.25) is 5.91 Å². The monoisotopic (exact) mass is 495 g/mol. The first-order valence-electron chi connectivity index (χ1n) is 10.7. The smallest absolute Gasteiger partial charge is 0.269 e. The molecule has 0 aliphatic carbocycles. The molecule has 172 valence electrons. The van der Waals surface area contributed by atoms with Gasteiger partial charge in [0.15, 0.2) is 5.78 Å². The van der Waals surface area contributed by atoms with Crippen LogP contribution in [-0.4, -0.2) is 39.2 Å². The number of halogens is 1. The third-order valence-electron chi connectivity index (χ3n) is 7.10. The number of ketones is 1. The van der Waals surface area contributed by atoms with Crippen LogP contribution in [0.3, 0.4) is 0 Å². The minimum Gasteiger partial charge on any atom is -0.324 e. The normalized spacial score (nSPS) is 27.6. The number of nitro groups is 1. The van der Waals surface area contributed by atoms with Gasteiger partial charge in [-0.15, -0.1) is 23.1 Å². The molecular weight excluding hydrogens is 477 g/mol. The molecule has 0 bridgehead atoms. The van der Waals surface area contributed by atoms with Gasteiger partial charge in [-0.3, -0.25) is 24.6 Å². The second-order valence-electron chi connectivity index (χ2n) is 8.64. The Hall–Kier alpha value is -3.08. The third-order valence-corrected chi connectivity index (χ3v) is 9.02. The Labute approximate surface area is 202 Å². The topological polar surface area (TPSA) is 92.5 Å². The van der Waals surface area contributed by atoms with E-state index >= 15 is 0 Å². The molecule has 3 aliphatic rings. The molecule has 0 unspecified atom stereocenters. The minimum absolute atomic E-state index is 0.0692. The van der Waals surface area contributed by atoms with Crippen molar-refractivity contribution in [2.75, 3.05) is 16.9 Å². The number of carbonyl (C=O) groups is 2. The molecule has 2 aromatic carbocycles. The number of benzene rings is 2. The number of thioether (sulfide) groups is 1. The molecule has 7 nitrogen and oxygen atoms in total. The maximum Gasteiger partial charge on any atom is 0.269 e. The molecule has 6 rings (SSSR count). The van der Waals surface area contributed by atoms with Crippen molar-refractivity contribution in [3.63, 3.8) is 0 Å². The van der Waals surface area contributed by atoms with Gasteiger partial charge in [0.05, 0.1) is 15.7 Å². The molecule has 10 heteroatoms. The van der Waals surface area contributed by atoms with Crippen molar-refractivity contribution in [3.05, 3.63) is 91.9 Å². The van der Waals surface area contributed by atoms with Gasteiger partial charge in [-0.25, -0.2) is 4.39 Å². The summed E-state index contributed by atoms with van der Waals surface area (Å²) in [6.45, 7) is 0. The maximum atomic E-state index is 14.5. The van der Waals surface area contributed by atoms with Gasteiger partial charge >= 0.3 is 0 Å². The van der Waals surface area contributed by atoms with E-state index in [0.717, 1.165) is 0 Å². The summed E-state index contributed by atoms with van der Waals surface area (Å²) in [6.07, 6.45) is 0. The highest BCUT2D eigenvalue weighted by Crippen LogP contribution is 2.61. The van der Waals surface area contributed by atoms with Crippen LogP contribution in [0.4, 0.5) is 15.8 Å². The maximum absolute atomic E-state index is 14.5. The van der Waals surface area contributed by atoms with Crippen LogP contribution < -0.4 is 5.32 Å². The molecule has 4 heterocycles. The van der Waals surface area contributed by atoms with Crippen molar-refractivity contribution in [2.45, 2.75) is 17.5 Å². The number of rotatable bonds is 4. The Balaban J connectivity index is 1.63. The Morgan fingerprint density at radius 1 is 1.21 bits per heavy atom. The number of amides is 1. The number of nitrogens with one attached hydrogen (secondary N) is 1. The summed E-state index contributed by atoms with van der Waals surface area (Å²) in [5.41, 5.74) is 0.108. The quantitative estimate of drug-likeness (QED) is 0.323. The number of non-ortho nitro benzene ring substituents is 1. The van der Waals surface area contributed by atoms with Crippen molar-refractivity contribution in [2.24, 2.45) is 5.92 Å². The number of Topliss-reactive ketones (excluding diaryl/α,β-unsaturated/α-hetero) is 1. The number of hydrogen-bond acceptors (Lipinski definition) is 7. The van der Waals surface area contributed by atoms with Gasteiger partial charge in [0.25, 0.3) is 5.69 Å². The SMILES string of the molecule is O=C(c1cccs1)[C@@H]1[C@H](c2cccc([N+](=O)[O-])c2)[C@@H]2CSCN2[C@]12C(=O)Nc1ccc(F)cc12. The summed E-state index contributed by atoms with van der Waals surface area (Å²) in [6, 6.07) is 13.8. The number of thiophene rings is 1. The minimum atomic E-state index is -1.40. The molecule has 1 N–H and O–H groups in total. The first-order chi connectivity index (χ1) is 16.4. The second-order valence-corrected chi connectivity index (χ2v) is 10.6. The van der Waals surface area contributed by atoms with E-state index in [4.69, 9.17) is 0 Å². The van der Waals surface area contributed by atoms with Crippen LogP contribution >= 0.6 is 23.1 Å². The molecule has 2 fully saturated rings. The zero-order valence-corrected chi connectivity index (χ0v) is 19.3. The number of nitrogens with zero attached hydrogens (tertiary/aromatic N) is 2. The molecule has 0 radical (unpaired) electrons. The van der Waals surface area contributed by atoms with Crippen LogP contribution in [0.5, 0.6) is 0 Å². The Morgan fingerprint density at radius 2 is 2.06 bits per heavy atom. The number of carbonyl (C=O) groups excluding carboxylic acids is 2. The molecule has 2 saturated heterocycles. The summed E-state index contributed by atoms with van der Waals surface area (Å²) >= 11 is 2.93. The average molecular weight is 496 g/mol. The number of hydrogen-bond donors (Lipinski definition) is 1. The summed E-state index contributed by atoms with van der Waals surface area (Å²) in [7, 11) is 0. The van der Waals surface area contributed by atoms with Crippen LogP contribution in [0.25, 0.3) is 0 Å². The predicted molar refractivity (Wildman–Crippen MR) is 128 cm³/mol. The van der Waals surface area contributed by atoms with Crippen LogP contribution in [0, 0.1) is 21.8 Å². The fraction of sp³-hybridized carbons (Fsp3) is 0.250. The van der Waals surface area contributed by atoms with E-state index in [9.17, 15) is 24.1 Å². The molecule has 0 saturated carbocycles. The molecule has 3 aliphatic heterocycles. The summed E-state index contributed by atoms with van der Waals surface area (Å²) in [4.78, 5) is 41.5. The third kappa shape index (κ3) is 2.85. The summed E-state index contributed by atoms with van der Waals surface area (Å²) in [5.74, 6) is -1.26. The van der Waals surface area contributed by atoms with Gasteiger partial charge in [0.1, 0.15) is 11.4 Å². The predicted octanol–water partition coefficient (Wildman–Crippen LogP) is 4.61. The van der Waals surface area contributed by atoms with Crippen molar-refractivity contribution in [1.29, 1.82) is 0 Å². The molecule has 1 aromatic heterocycles. The molecular formula is C24H18FN3O4S2. The largest absolute Gasteiger partial charge is 0.324 e. The highest BCUT2D eigenvalue weighted by atomic mass is 32.2. The lowest BCUT2D eigenvalue weighted by Gasteiger charge is -2.36. The van der Waals surface area contributed by atoms with E-state index in [1.54, 1.807) is 41.4 Å². The van der Waals surface area contributed by atoms with Crippen molar-refractivity contribution < 1.29 is 18.9 Å². The van der Waals surface area contributed by atoms with E-state index < -0.39 is 28.1 Å². The van der Waals surface area contributed by atoms with Crippen LogP contribution in [0.15, 0.2) is 60.0 Å². The van der Waals surface area contributed by atoms with Crippen LogP contribution in [0.2, 0.25) is 0 Å². The fourth-order valence-corrected chi connectivity index (χ4v) is 7.87. The average Bonchev–Trinajstić information content (AvgIpc) is 3.60. The van der Waals surface area contributed by atoms with Gasteiger partial charge in [-0.1, -0.05) is 18.2 Å². The van der Waals surface area contributed by atoms with E-state index in [1.165, 1.54) is 41.7 Å². The van der Waals surface area contributed by atoms with Gasteiger partial charge in [-0.05, 0) is 35.2 Å². The van der Waals surface area contributed by atoms with Crippen LogP contribution in [-0.2, 0) is 10.3 Å². The van der Waals surface area contributed by atoms with E-state index in [0.29, 0.717) is 33.3 Å². The zero-order chi connectivity index (χ0) is 23.6. The van der Waals surface area contributed by atoms with E-state index in [2.05, 4.69) is 5.32 Å². The standard InChI is InChI=1S/C24H18FN3O4S2/c25-14-6-7-17-16(10-14)24(23(30)26-17)21(22(29)19-5-2-8-34-19)20(18-11-33-12-27(18)24)13-3-1-4-15(9-13)28(31)32/h1-10,18,20-21H,11-12H2,(H,26,30)/t18-,20+,21-,24-/m0/s1. The number of nitro benzene ring substituents is 1. The zero-order valence-electron chi connectivity index (χ0n) is 17.6. The first kappa shape index (κ1) is 21.5. The van der Waals surface area contributed by atoms with E-state index in [1.807, 2.05) is 4.90 Å². The van der Waals surface area contributed by atoms with Crippen molar-refractivity contribution >= 4 is 46.2 Å². The highest BCUT2D eigenvalue weighted by molar-refractivity contribution is 7.99. The second kappa shape index (κ2) is 7.72. The lowest BCUT2D eigenvalue weighted by atomic mass is 9.70.